The Morgan fingerprint density at radius 3 is 2.11 bits per heavy atom. The van der Waals surface area contributed by atoms with E-state index in [0.29, 0.717) is 33.9 Å². The molecular formula is C26H24N4O7. The number of nitrogens with one attached hydrogen (secondary N) is 2. The number of ether oxygens (including phenoxy) is 3. The van der Waals surface area contributed by atoms with Crippen molar-refractivity contribution < 1.29 is 28.7 Å². The normalized spacial score (nSPS) is 11.1. The Labute approximate surface area is 212 Å². The topological polar surface area (TPSA) is 141 Å². The average Bonchev–Trinajstić information content (AvgIpc) is 2.92. The molecule has 3 rings (SSSR count). The van der Waals surface area contributed by atoms with E-state index in [-0.39, 0.29) is 11.4 Å². The number of carbonyl (C=O) groups excluding carboxylic acids is 2. The third kappa shape index (κ3) is 6.92. The second kappa shape index (κ2) is 12.5. The summed E-state index contributed by atoms with van der Waals surface area (Å²) in [7, 11) is 4.45. The standard InChI is InChI=1S/C26H24N4O7/c1-35-22-15-24(37-3)23(36-2)14-19(22)16-27-29-26(32)21(28-25(31)18-7-5-4-6-8-18)13-17-9-11-20(12-10-17)30(33)34/h4-16H,1-3H3,(H,28,31)(H,29,32)/b21-13-,27-16?. The molecule has 11 nitrogen and oxygen atoms in total. The van der Waals surface area contributed by atoms with E-state index in [9.17, 15) is 19.7 Å². The number of benzene rings is 3. The number of hydrazone groups is 1. The molecule has 0 aliphatic rings. The van der Waals surface area contributed by atoms with Crippen LogP contribution in [0, 0.1) is 10.1 Å². The first-order chi connectivity index (χ1) is 17.9. The van der Waals surface area contributed by atoms with E-state index in [0.717, 1.165) is 0 Å². The minimum absolute atomic E-state index is 0.107. The summed E-state index contributed by atoms with van der Waals surface area (Å²) in [6.45, 7) is 0. The van der Waals surface area contributed by atoms with E-state index in [1.54, 1.807) is 42.5 Å². The van der Waals surface area contributed by atoms with Gasteiger partial charge in [-0.1, -0.05) is 18.2 Å². The van der Waals surface area contributed by atoms with Gasteiger partial charge in [-0.25, -0.2) is 5.43 Å². The van der Waals surface area contributed by atoms with Crippen LogP contribution >= 0.6 is 0 Å². The molecule has 37 heavy (non-hydrogen) atoms. The molecule has 0 aliphatic carbocycles. The van der Waals surface area contributed by atoms with Crippen LogP contribution in [0.2, 0.25) is 0 Å². The smallest absolute Gasteiger partial charge is 0.287 e. The van der Waals surface area contributed by atoms with E-state index >= 15 is 0 Å². The van der Waals surface area contributed by atoms with Crippen molar-refractivity contribution in [2.45, 2.75) is 0 Å². The molecule has 190 valence electrons. The molecule has 0 saturated carbocycles. The second-order valence-electron chi connectivity index (χ2n) is 7.38. The molecule has 0 atom stereocenters. The van der Waals surface area contributed by atoms with Crippen molar-refractivity contribution in [1.82, 2.24) is 10.7 Å². The highest BCUT2D eigenvalue weighted by atomic mass is 16.6. The predicted octanol–water partition coefficient (Wildman–Crippen LogP) is 3.54. The first-order valence-corrected chi connectivity index (χ1v) is 10.8. The molecule has 0 bridgehead atoms. The van der Waals surface area contributed by atoms with Crippen LogP contribution in [0.1, 0.15) is 21.5 Å². The lowest BCUT2D eigenvalue weighted by atomic mass is 10.1. The molecule has 0 heterocycles. The molecule has 0 spiro atoms. The van der Waals surface area contributed by atoms with Crippen LogP contribution < -0.4 is 25.0 Å². The van der Waals surface area contributed by atoms with Crippen molar-refractivity contribution in [3.05, 3.63) is 99.2 Å². The summed E-state index contributed by atoms with van der Waals surface area (Å²) in [4.78, 5) is 36.1. The quantitative estimate of drug-likeness (QED) is 0.186. The van der Waals surface area contributed by atoms with Crippen LogP contribution in [0.25, 0.3) is 6.08 Å². The molecular weight excluding hydrogens is 480 g/mol. The monoisotopic (exact) mass is 504 g/mol. The number of nitro groups is 1. The maximum absolute atomic E-state index is 13.0. The Bertz CT molecular complexity index is 1340. The van der Waals surface area contributed by atoms with Crippen LogP contribution in [0.5, 0.6) is 17.2 Å². The number of nitrogens with zero attached hydrogens (tertiary/aromatic N) is 2. The molecule has 0 saturated heterocycles. The molecule has 2 N–H and O–H groups in total. The second-order valence-corrected chi connectivity index (χ2v) is 7.38. The van der Waals surface area contributed by atoms with E-state index in [1.807, 2.05) is 0 Å². The summed E-state index contributed by atoms with van der Waals surface area (Å²) in [5.74, 6) is 0.0740. The van der Waals surface area contributed by atoms with Gasteiger partial charge in [-0.05, 0) is 42.0 Å². The van der Waals surface area contributed by atoms with Crippen molar-refractivity contribution in [1.29, 1.82) is 0 Å². The number of non-ortho nitro benzene ring substituents is 1. The molecule has 11 heteroatoms. The largest absolute Gasteiger partial charge is 0.496 e. The van der Waals surface area contributed by atoms with E-state index in [4.69, 9.17) is 14.2 Å². The lowest BCUT2D eigenvalue weighted by Gasteiger charge is -2.12. The van der Waals surface area contributed by atoms with Gasteiger partial charge in [-0.15, -0.1) is 0 Å². The minimum atomic E-state index is -0.724. The zero-order chi connectivity index (χ0) is 26.8. The highest BCUT2D eigenvalue weighted by Crippen LogP contribution is 2.33. The van der Waals surface area contributed by atoms with E-state index in [1.165, 1.54) is 57.9 Å². The van der Waals surface area contributed by atoms with Gasteiger partial charge in [0.1, 0.15) is 11.4 Å². The highest BCUT2D eigenvalue weighted by Gasteiger charge is 2.15. The number of rotatable bonds is 10. The molecule has 0 fully saturated rings. The van der Waals surface area contributed by atoms with Gasteiger partial charge < -0.3 is 19.5 Å². The third-order valence-electron chi connectivity index (χ3n) is 5.05. The number of methoxy groups -OCH3 is 3. The van der Waals surface area contributed by atoms with E-state index in [2.05, 4.69) is 15.8 Å². The van der Waals surface area contributed by atoms with Gasteiger partial charge in [0.15, 0.2) is 11.5 Å². The summed E-state index contributed by atoms with van der Waals surface area (Å²) in [6.07, 6.45) is 2.73. The number of nitro benzene ring substituents is 1. The van der Waals surface area contributed by atoms with Crippen LogP contribution in [0.3, 0.4) is 0 Å². The molecule has 2 amide bonds. The van der Waals surface area contributed by atoms with Crippen LogP contribution in [-0.2, 0) is 4.79 Å². The Hall–Kier alpha value is -5.19. The van der Waals surface area contributed by atoms with E-state index < -0.39 is 16.7 Å². The number of hydrogen-bond acceptors (Lipinski definition) is 8. The molecule has 0 aliphatic heterocycles. The van der Waals surface area contributed by atoms with Gasteiger partial charge in [0.05, 0.1) is 32.5 Å². The Morgan fingerprint density at radius 1 is 0.892 bits per heavy atom. The van der Waals surface area contributed by atoms with Crippen LogP contribution in [0.15, 0.2) is 77.5 Å². The minimum Gasteiger partial charge on any atom is -0.496 e. The van der Waals surface area contributed by atoms with Crippen molar-refractivity contribution in [2.24, 2.45) is 5.10 Å². The summed E-state index contributed by atoms with van der Waals surface area (Å²) in [6, 6.07) is 17.1. The van der Waals surface area contributed by atoms with Crippen molar-refractivity contribution in [3.8, 4) is 17.2 Å². The summed E-state index contributed by atoms with van der Waals surface area (Å²) < 4.78 is 15.9. The molecule has 0 radical (unpaired) electrons. The first-order valence-electron chi connectivity index (χ1n) is 10.8. The lowest BCUT2D eigenvalue weighted by molar-refractivity contribution is -0.384. The van der Waals surface area contributed by atoms with Crippen molar-refractivity contribution >= 4 is 29.8 Å². The Balaban J connectivity index is 1.87. The highest BCUT2D eigenvalue weighted by molar-refractivity contribution is 6.05. The fourth-order valence-corrected chi connectivity index (χ4v) is 3.18. The maximum Gasteiger partial charge on any atom is 0.287 e. The molecule has 0 aromatic heterocycles. The summed E-state index contributed by atoms with van der Waals surface area (Å²) in [5.41, 5.74) is 3.42. The van der Waals surface area contributed by atoms with Gasteiger partial charge in [-0.2, -0.15) is 5.10 Å². The van der Waals surface area contributed by atoms with Gasteiger partial charge in [0, 0.05) is 29.3 Å². The fourth-order valence-electron chi connectivity index (χ4n) is 3.18. The van der Waals surface area contributed by atoms with Gasteiger partial charge in [0.2, 0.25) is 0 Å². The zero-order valence-corrected chi connectivity index (χ0v) is 20.3. The Kier molecular flexibility index (Phi) is 8.92. The summed E-state index contributed by atoms with van der Waals surface area (Å²) >= 11 is 0. The third-order valence-corrected chi connectivity index (χ3v) is 5.05. The maximum atomic E-state index is 13.0. The molecule has 3 aromatic rings. The SMILES string of the molecule is COc1cc(OC)c(OC)cc1C=NNC(=O)/C(=C/c1ccc([N+](=O)[O-])cc1)NC(=O)c1ccccc1. The molecule has 0 unspecified atom stereocenters. The Morgan fingerprint density at radius 2 is 1.51 bits per heavy atom. The first kappa shape index (κ1) is 26.4. The average molecular weight is 504 g/mol. The van der Waals surface area contributed by atoms with Gasteiger partial charge in [0.25, 0.3) is 17.5 Å². The number of hydrogen-bond donors (Lipinski definition) is 2. The number of carbonyl (C=O) groups is 2. The van der Waals surface area contributed by atoms with Gasteiger partial charge >= 0.3 is 0 Å². The predicted molar refractivity (Wildman–Crippen MR) is 137 cm³/mol. The molecule has 3 aromatic carbocycles. The van der Waals surface area contributed by atoms with Crippen molar-refractivity contribution in [3.63, 3.8) is 0 Å². The fraction of sp³-hybridized carbons (Fsp3) is 0.115. The van der Waals surface area contributed by atoms with Crippen molar-refractivity contribution in [2.75, 3.05) is 21.3 Å². The lowest BCUT2D eigenvalue weighted by Crippen LogP contribution is -2.32. The van der Waals surface area contributed by atoms with Crippen LogP contribution in [0.4, 0.5) is 5.69 Å². The van der Waals surface area contributed by atoms with Gasteiger partial charge in [-0.3, -0.25) is 19.7 Å². The van der Waals surface area contributed by atoms with Crippen LogP contribution in [-0.4, -0.2) is 44.3 Å². The number of amides is 2. The summed E-state index contributed by atoms with van der Waals surface area (Å²) in [5, 5.41) is 17.5. The zero-order valence-electron chi connectivity index (χ0n) is 20.3.